The summed E-state index contributed by atoms with van der Waals surface area (Å²) in [6.45, 7) is 3.47. The summed E-state index contributed by atoms with van der Waals surface area (Å²) in [6.07, 6.45) is 9.35. The lowest BCUT2D eigenvalue weighted by Gasteiger charge is -2.30. The molecule has 3 N–H and O–H groups in total. The fraction of sp³-hybridized carbons (Fsp3) is 0.688. The number of hydrogen-bond acceptors (Lipinski definition) is 4. The van der Waals surface area contributed by atoms with Crippen LogP contribution in [0.25, 0.3) is 0 Å². The molecule has 1 aromatic heterocycles. The second kappa shape index (κ2) is 8.10. The predicted octanol–water partition coefficient (Wildman–Crippen LogP) is 3.19. The van der Waals surface area contributed by atoms with Crippen molar-refractivity contribution in [2.75, 3.05) is 18.5 Å². The van der Waals surface area contributed by atoms with E-state index in [0.29, 0.717) is 18.5 Å². The SMILES string of the molecule is CCCOc1cccnc1NC(CN)C1CCCCC1. The van der Waals surface area contributed by atoms with Crippen LogP contribution in [-0.2, 0) is 0 Å². The number of ether oxygens (including phenoxy) is 1. The molecule has 0 saturated heterocycles. The summed E-state index contributed by atoms with van der Waals surface area (Å²) in [5.74, 6) is 2.33. The highest BCUT2D eigenvalue weighted by Gasteiger charge is 2.23. The number of nitrogens with zero attached hydrogens (tertiary/aromatic N) is 1. The van der Waals surface area contributed by atoms with Gasteiger partial charge in [-0.2, -0.15) is 0 Å². The smallest absolute Gasteiger partial charge is 0.169 e. The van der Waals surface area contributed by atoms with Crippen molar-refractivity contribution >= 4 is 5.82 Å². The van der Waals surface area contributed by atoms with Crippen LogP contribution in [0, 0.1) is 5.92 Å². The van der Waals surface area contributed by atoms with Gasteiger partial charge in [-0.05, 0) is 37.3 Å². The Morgan fingerprint density at radius 1 is 1.40 bits per heavy atom. The molecule has 1 aliphatic carbocycles. The van der Waals surface area contributed by atoms with Gasteiger partial charge >= 0.3 is 0 Å². The summed E-state index contributed by atoms with van der Waals surface area (Å²) in [5.41, 5.74) is 5.97. The second-order valence-electron chi connectivity index (χ2n) is 5.58. The van der Waals surface area contributed by atoms with Crippen LogP contribution >= 0.6 is 0 Å². The van der Waals surface area contributed by atoms with E-state index in [9.17, 15) is 0 Å². The van der Waals surface area contributed by atoms with E-state index in [2.05, 4.69) is 17.2 Å². The molecule has 1 heterocycles. The molecule has 0 aliphatic heterocycles. The average molecular weight is 277 g/mol. The molecule has 1 saturated carbocycles. The topological polar surface area (TPSA) is 60.2 Å². The molecule has 0 amide bonds. The van der Waals surface area contributed by atoms with E-state index in [-0.39, 0.29) is 0 Å². The van der Waals surface area contributed by atoms with Gasteiger partial charge in [-0.1, -0.05) is 26.2 Å². The molecule has 1 aromatic rings. The zero-order chi connectivity index (χ0) is 14.2. The van der Waals surface area contributed by atoms with Crippen molar-refractivity contribution in [2.24, 2.45) is 11.7 Å². The van der Waals surface area contributed by atoms with Crippen LogP contribution in [-0.4, -0.2) is 24.2 Å². The summed E-state index contributed by atoms with van der Waals surface area (Å²) in [4.78, 5) is 4.42. The van der Waals surface area contributed by atoms with Crippen LogP contribution in [0.4, 0.5) is 5.82 Å². The van der Waals surface area contributed by atoms with Gasteiger partial charge in [-0.25, -0.2) is 4.98 Å². The van der Waals surface area contributed by atoms with Crippen molar-refractivity contribution in [3.63, 3.8) is 0 Å². The molecule has 20 heavy (non-hydrogen) atoms. The summed E-state index contributed by atoms with van der Waals surface area (Å²) in [7, 11) is 0. The summed E-state index contributed by atoms with van der Waals surface area (Å²) in [5, 5.41) is 3.51. The predicted molar refractivity (Wildman–Crippen MR) is 83.1 cm³/mol. The number of rotatable bonds is 7. The van der Waals surface area contributed by atoms with Gasteiger partial charge in [0, 0.05) is 18.8 Å². The summed E-state index contributed by atoms with van der Waals surface area (Å²) >= 11 is 0. The van der Waals surface area contributed by atoms with Crippen LogP contribution < -0.4 is 15.8 Å². The maximum atomic E-state index is 5.97. The van der Waals surface area contributed by atoms with Crippen molar-refractivity contribution < 1.29 is 4.74 Å². The zero-order valence-electron chi connectivity index (χ0n) is 12.5. The van der Waals surface area contributed by atoms with Gasteiger partial charge in [0.1, 0.15) is 0 Å². The van der Waals surface area contributed by atoms with E-state index in [4.69, 9.17) is 10.5 Å². The molecule has 0 radical (unpaired) electrons. The lowest BCUT2D eigenvalue weighted by molar-refractivity contribution is 0.309. The van der Waals surface area contributed by atoms with Crippen LogP contribution in [0.2, 0.25) is 0 Å². The largest absolute Gasteiger partial charge is 0.490 e. The third-order valence-corrected chi connectivity index (χ3v) is 4.03. The molecule has 1 aliphatic rings. The molecule has 1 fully saturated rings. The van der Waals surface area contributed by atoms with Crippen molar-refractivity contribution in [3.8, 4) is 5.75 Å². The number of aromatic nitrogens is 1. The normalized spacial score (nSPS) is 17.7. The highest BCUT2D eigenvalue weighted by atomic mass is 16.5. The van der Waals surface area contributed by atoms with Gasteiger partial charge in [0.15, 0.2) is 11.6 Å². The molecule has 0 spiro atoms. The minimum Gasteiger partial charge on any atom is -0.490 e. The van der Waals surface area contributed by atoms with Crippen LogP contribution in [0.15, 0.2) is 18.3 Å². The Balaban J connectivity index is 2.02. The molecule has 0 aromatic carbocycles. The summed E-state index contributed by atoms with van der Waals surface area (Å²) < 4.78 is 5.75. The first-order chi connectivity index (χ1) is 9.85. The lowest BCUT2D eigenvalue weighted by Crippen LogP contribution is -2.37. The quantitative estimate of drug-likeness (QED) is 0.803. The highest BCUT2D eigenvalue weighted by Crippen LogP contribution is 2.29. The monoisotopic (exact) mass is 277 g/mol. The van der Waals surface area contributed by atoms with Gasteiger partial charge in [-0.15, -0.1) is 0 Å². The number of pyridine rings is 1. The summed E-state index contributed by atoms with van der Waals surface area (Å²) in [6, 6.07) is 4.18. The molecule has 1 unspecified atom stereocenters. The number of nitrogens with one attached hydrogen (secondary N) is 1. The number of nitrogens with two attached hydrogens (primary N) is 1. The Bertz CT molecular complexity index is 391. The Labute approximate surface area is 122 Å². The minimum atomic E-state index is 0.300. The molecular weight excluding hydrogens is 250 g/mol. The third-order valence-electron chi connectivity index (χ3n) is 4.03. The van der Waals surface area contributed by atoms with Gasteiger partial charge < -0.3 is 15.8 Å². The van der Waals surface area contributed by atoms with Crippen molar-refractivity contribution in [1.82, 2.24) is 4.98 Å². The van der Waals surface area contributed by atoms with Crippen LogP contribution in [0.1, 0.15) is 45.4 Å². The Morgan fingerprint density at radius 2 is 2.20 bits per heavy atom. The Hall–Kier alpha value is -1.29. The average Bonchev–Trinajstić information content (AvgIpc) is 2.52. The molecule has 4 nitrogen and oxygen atoms in total. The first kappa shape index (κ1) is 15.1. The standard InChI is InChI=1S/C16H27N3O/c1-2-11-20-15-9-6-10-18-16(15)19-14(12-17)13-7-4-3-5-8-13/h6,9-10,13-14H,2-5,7-8,11-12,17H2,1H3,(H,18,19). The lowest BCUT2D eigenvalue weighted by atomic mass is 9.84. The molecule has 1 atom stereocenters. The van der Waals surface area contributed by atoms with Crippen LogP contribution in [0.5, 0.6) is 5.75 Å². The highest BCUT2D eigenvalue weighted by molar-refractivity contribution is 5.50. The fourth-order valence-electron chi connectivity index (χ4n) is 2.91. The van der Waals surface area contributed by atoms with Gasteiger partial charge in [0.25, 0.3) is 0 Å². The fourth-order valence-corrected chi connectivity index (χ4v) is 2.91. The molecule has 2 rings (SSSR count). The van der Waals surface area contributed by atoms with E-state index < -0.39 is 0 Å². The Kier molecular flexibility index (Phi) is 6.12. The van der Waals surface area contributed by atoms with Crippen molar-refractivity contribution in [1.29, 1.82) is 0 Å². The Morgan fingerprint density at radius 3 is 2.90 bits per heavy atom. The molecule has 4 heteroatoms. The van der Waals surface area contributed by atoms with Crippen LogP contribution in [0.3, 0.4) is 0 Å². The number of anilines is 1. The molecule has 112 valence electrons. The van der Waals surface area contributed by atoms with Gasteiger partial charge in [0.2, 0.25) is 0 Å². The molecular formula is C16H27N3O. The van der Waals surface area contributed by atoms with E-state index in [1.807, 2.05) is 12.1 Å². The second-order valence-corrected chi connectivity index (χ2v) is 5.58. The zero-order valence-corrected chi connectivity index (χ0v) is 12.5. The maximum absolute atomic E-state index is 5.97. The molecule has 0 bridgehead atoms. The first-order valence-corrected chi connectivity index (χ1v) is 7.89. The van der Waals surface area contributed by atoms with Crippen molar-refractivity contribution in [3.05, 3.63) is 18.3 Å². The minimum absolute atomic E-state index is 0.300. The van der Waals surface area contributed by atoms with E-state index in [0.717, 1.165) is 24.6 Å². The van der Waals surface area contributed by atoms with E-state index in [1.165, 1.54) is 32.1 Å². The number of hydrogen-bond donors (Lipinski definition) is 2. The van der Waals surface area contributed by atoms with Gasteiger partial charge in [-0.3, -0.25) is 0 Å². The van der Waals surface area contributed by atoms with Crippen molar-refractivity contribution in [2.45, 2.75) is 51.5 Å². The first-order valence-electron chi connectivity index (χ1n) is 7.89. The van der Waals surface area contributed by atoms with Gasteiger partial charge in [0.05, 0.1) is 6.61 Å². The van der Waals surface area contributed by atoms with E-state index >= 15 is 0 Å². The maximum Gasteiger partial charge on any atom is 0.169 e. The third kappa shape index (κ3) is 4.10. The van der Waals surface area contributed by atoms with E-state index in [1.54, 1.807) is 6.20 Å².